The minimum Gasteiger partial charge on any atom is -0.493 e. The molecule has 0 atom stereocenters. The maximum atomic E-state index is 13.8. The number of carbonyl (C=O) groups excluding carboxylic acids is 2. The molecule has 2 N–H and O–H groups in total. The van der Waals surface area contributed by atoms with Gasteiger partial charge in [-0.05, 0) is 131 Å². The lowest BCUT2D eigenvalue weighted by molar-refractivity contribution is 0.00638. The van der Waals surface area contributed by atoms with Gasteiger partial charge in [0.05, 0.1) is 16.8 Å². The Labute approximate surface area is 303 Å². The van der Waals surface area contributed by atoms with Crippen LogP contribution in [0.4, 0.5) is 10.9 Å². The fraction of sp³-hybridized carbons (Fsp3) is 0.366. The second-order valence-corrected chi connectivity index (χ2v) is 15.4. The number of hydrogen-bond acceptors (Lipinski definition) is 9. The molecule has 264 valence electrons. The third kappa shape index (κ3) is 7.92. The van der Waals surface area contributed by atoms with E-state index in [1.54, 1.807) is 0 Å². The van der Waals surface area contributed by atoms with Crippen LogP contribution in [0.2, 0.25) is 0 Å². The highest BCUT2D eigenvalue weighted by Crippen LogP contribution is 2.35. The number of hydrogen-bond donors (Lipinski definition) is 2. The molecule has 2 aromatic heterocycles. The predicted octanol–water partition coefficient (Wildman–Crippen LogP) is 8.21. The quantitative estimate of drug-likeness (QED) is 0.148. The number of esters is 1. The molecular formula is C41H45N5O4S. The van der Waals surface area contributed by atoms with Crippen molar-refractivity contribution in [1.29, 1.82) is 0 Å². The first-order chi connectivity index (χ1) is 24.6. The number of rotatable bonds is 9. The Bertz CT molecular complexity index is 2030. The molecule has 0 spiro atoms. The van der Waals surface area contributed by atoms with Crippen LogP contribution in [0, 0.1) is 12.8 Å². The highest BCUT2D eigenvalue weighted by atomic mass is 32.1. The second-order valence-electron chi connectivity index (χ2n) is 14.4. The lowest BCUT2D eigenvalue weighted by Gasteiger charge is -2.31. The number of ether oxygens (including phenoxy) is 2. The van der Waals surface area contributed by atoms with Crippen molar-refractivity contribution in [3.63, 3.8) is 0 Å². The molecule has 2 aliphatic rings. The van der Waals surface area contributed by atoms with Crippen LogP contribution in [0.3, 0.4) is 0 Å². The number of nitrogens with one attached hydrogen (secondary N) is 2. The molecule has 0 saturated carbocycles. The number of carbonyl (C=O) groups is 2. The first-order valence-corrected chi connectivity index (χ1v) is 18.6. The highest BCUT2D eigenvalue weighted by Gasteiger charge is 2.28. The molecule has 0 unspecified atom stereocenters. The van der Waals surface area contributed by atoms with E-state index in [0.29, 0.717) is 47.7 Å². The first-order valence-electron chi connectivity index (χ1n) is 17.8. The largest absolute Gasteiger partial charge is 0.493 e. The van der Waals surface area contributed by atoms with Gasteiger partial charge in [-0.25, -0.2) is 14.8 Å². The summed E-state index contributed by atoms with van der Waals surface area (Å²) >= 11 is 1.46. The summed E-state index contributed by atoms with van der Waals surface area (Å²) in [6, 6.07) is 23.6. The van der Waals surface area contributed by atoms with Crippen LogP contribution in [0.25, 0.3) is 21.3 Å². The molecule has 1 amide bonds. The van der Waals surface area contributed by atoms with Crippen molar-refractivity contribution in [2.24, 2.45) is 5.92 Å². The van der Waals surface area contributed by atoms with Crippen LogP contribution in [-0.2, 0) is 17.7 Å². The van der Waals surface area contributed by atoms with Gasteiger partial charge < -0.3 is 19.7 Å². The van der Waals surface area contributed by atoms with Crippen molar-refractivity contribution in [2.75, 3.05) is 36.5 Å². The molecular weight excluding hydrogens is 659 g/mol. The molecule has 9 nitrogen and oxygen atoms in total. The maximum absolute atomic E-state index is 13.8. The molecule has 7 rings (SSSR count). The predicted molar refractivity (Wildman–Crippen MR) is 204 cm³/mol. The SMILES string of the molecule is Cc1c(OCCC2CCNCC2)cccc1-c1ccc(N2CCc3cccc(C(=O)Nc4nc5ccccc5s4)c3C2)nc1C(=O)OC(C)(C)C. The van der Waals surface area contributed by atoms with E-state index in [-0.39, 0.29) is 11.6 Å². The molecule has 0 radical (unpaired) electrons. The van der Waals surface area contributed by atoms with E-state index in [4.69, 9.17) is 14.5 Å². The van der Waals surface area contributed by atoms with E-state index in [9.17, 15) is 9.59 Å². The van der Waals surface area contributed by atoms with Crippen LogP contribution < -0.4 is 20.3 Å². The average Bonchev–Trinajstić information content (AvgIpc) is 3.54. The van der Waals surface area contributed by atoms with Crippen LogP contribution >= 0.6 is 11.3 Å². The van der Waals surface area contributed by atoms with Crippen molar-refractivity contribution in [2.45, 2.75) is 65.5 Å². The Balaban J connectivity index is 1.15. The summed E-state index contributed by atoms with van der Waals surface area (Å²) in [5.74, 6) is 1.46. The monoisotopic (exact) mass is 703 g/mol. The molecule has 5 aromatic rings. The van der Waals surface area contributed by atoms with Gasteiger partial charge in [-0.3, -0.25) is 10.1 Å². The van der Waals surface area contributed by atoms with Crippen LogP contribution in [0.5, 0.6) is 5.75 Å². The van der Waals surface area contributed by atoms with Crippen molar-refractivity contribution in [3.05, 3.63) is 101 Å². The number of aromatic nitrogens is 2. The summed E-state index contributed by atoms with van der Waals surface area (Å²) in [5, 5.41) is 7.02. The lowest BCUT2D eigenvalue weighted by Crippen LogP contribution is -2.33. The lowest BCUT2D eigenvalue weighted by atomic mass is 9.94. The maximum Gasteiger partial charge on any atom is 0.358 e. The molecule has 51 heavy (non-hydrogen) atoms. The van der Waals surface area contributed by atoms with Gasteiger partial charge in [0.1, 0.15) is 17.2 Å². The molecule has 1 fully saturated rings. The fourth-order valence-corrected chi connectivity index (χ4v) is 7.83. The van der Waals surface area contributed by atoms with Gasteiger partial charge in [0, 0.05) is 24.2 Å². The molecule has 2 aliphatic heterocycles. The van der Waals surface area contributed by atoms with Crippen molar-refractivity contribution < 1.29 is 19.1 Å². The Hall–Kier alpha value is -4.80. The van der Waals surface area contributed by atoms with E-state index in [0.717, 1.165) is 64.2 Å². The summed E-state index contributed by atoms with van der Waals surface area (Å²) in [6.45, 7) is 11.6. The number of anilines is 2. The number of thiazole rings is 1. The third-order valence-electron chi connectivity index (χ3n) is 9.65. The average molecular weight is 704 g/mol. The molecule has 0 bridgehead atoms. The summed E-state index contributed by atoms with van der Waals surface area (Å²) in [4.78, 5) is 39.2. The van der Waals surface area contributed by atoms with E-state index in [2.05, 4.69) is 26.6 Å². The van der Waals surface area contributed by atoms with Gasteiger partial charge in [-0.1, -0.05) is 47.7 Å². The van der Waals surface area contributed by atoms with E-state index < -0.39 is 11.6 Å². The van der Waals surface area contributed by atoms with Gasteiger partial charge in [0.2, 0.25) is 0 Å². The van der Waals surface area contributed by atoms with Crippen LogP contribution in [0.15, 0.2) is 72.8 Å². The minimum atomic E-state index is -0.698. The molecule has 0 aliphatic carbocycles. The highest BCUT2D eigenvalue weighted by molar-refractivity contribution is 7.22. The number of fused-ring (bicyclic) bond motifs is 2. The summed E-state index contributed by atoms with van der Waals surface area (Å²) in [6.07, 6.45) is 4.12. The summed E-state index contributed by atoms with van der Waals surface area (Å²) in [7, 11) is 0. The van der Waals surface area contributed by atoms with Crippen molar-refractivity contribution in [3.8, 4) is 16.9 Å². The zero-order valence-corrected chi connectivity index (χ0v) is 30.6. The van der Waals surface area contributed by atoms with Crippen molar-refractivity contribution in [1.82, 2.24) is 15.3 Å². The van der Waals surface area contributed by atoms with Gasteiger partial charge >= 0.3 is 5.97 Å². The van der Waals surface area contributed by atoms with Crippen LogP contribution in [-0.4, -0.2) is 53.7 Å². The number of amides is 1. The van der Waals surface area contributed by atoms with Gasteiger partial charge in [0.25, 0.3) is 5.91 Å². The standard InChI is InChI=1S/C41H45N5O4S/c1-26-29(10-8-13-34(26)49-24-20-27-17-21-42-22-18-27)30-15-16-36(44-37(30)39(48)50-41(2,3)4)46-23-19-28-9-7-11-31(32(28)25-46)38(47)45-40-43-33-12-5-6-14-35(33)51-40/h5-16,27,42H,17-25H2,1-4H3,(H,43,45,47). The van der Waals surface area contributed by atoms with Gasteiger partial charge in [-0.15, -0.1) is 0 Å². The number of pyridine rings is 1. The topological polar surface area (TPSA) is 106 Å². The van der Waals surface area contributed by atoms with E-state index in [1.807, 2.05) is 94.4 Å². The van der Waals surface area contributed by atoms with E-state index in [1.165, 1.54) is 24.2 Å². The number of piperidine rings is 1. The Morgan fingerprint density at radius 2 is 1.76 bits per heavy atom. The number of nitrogens with zero attached hydrogens (tertiary/aromatic N) is 3. The summed E-state index contributed by atoms with van der Waals surface area (Å²) < 4.78 is 13.2. The third-order valence-corrected chi connectivity index (χ3v) is 10.6. The Kier molecular flexibility index (Phi) is 10.1. The molecule has 1 saturated heterocycles. The second kappa shape index (κ2) is 14.8. The Morgan fingerprint density at radius 1 is 0.961 bits per heavy atom. The smallest absolute Gasteiger partial charge is 0.358 e. The molecule has 4 heterocycles. The molecule has 10 heteroatoms. The summed E-state index contributed by atoms with van der Waals surface area (Å²) in [5.41, 5.74) is 5.62. The zero-order chi connectivity index (χ0) is 35.5. The van der Waals surface area contributed by atoms with E-state index >= 15 is 0 Å². The van der Waals surface area contributed by atoms with Gasteiger partial charge in [-0.2, -0.15) is 0 Å². The van der Waals surface area contributed by atoms with Crippen LogP contribution in [0.1, 0.15) is 77.6 Å². The number of para-hydroxylation sites is 1. The Morgan fingerprint density at radius 3 is 2.57 bits per heavy atom. The zero-order valence-electron chi connectivity index (χ0n) is 29.8. The minimum absolute atomic E-state index is 0.196. The van der Waals surface area contributed by atoms with Gasteiger partial charge in [0.15, 0.2) is 10.8 Å². The number of benzene rings is 3. The first kappa shape index (κ1) is 34.6. The van der Waals surface area contributed by atoms with Crippen molar-refractivity contribution >= 4 is 44.4 Å². The fourth-order valence-electron chi connectivity index (χ4n) is 6.97. The normalized spacial score (nSPS) is 15.0. The molecule has 3 aromatic carbocycles.